The Balaban J connectivity index is 1.27. The Kier molecular flexibility index (Phi) is 6.99. The Morgan fingerprint density at radius 3 is 2.44 bits per heavy atom. The maximum atomic E-state index is 13.4. The highest BCUT2D eigenvalue weighted by atomic mass is 35.5. The number of amides is 2. The Bertz CT molecular complexity index is 1170. The van der Waals surface area contributed by atoms with Crippen LogP contribution >= 0.6 is 22.9 Å². The molecule has 3 heterocycles. The summed E-state index contributed by atoms with van der Waals surface area (Å²) in [5, 5.41) is 2.63. The molecule has 0 saturated carbocycles. The van der Waals surface area contributed by atoms with Gasteiger partial charge in [0.1, 0.15) is 0 Å². The quantitative estimate of drug-likeness (QED) is 0.528. The highest BCUT2D eigenvalue weighted by Crippen LogP contribution is 2.37. The molecule has 7 heteroatoms. The van der Waals surface area contributed by atoms with E-state index >= 15 is 0 Å². The number of carbonyl (C=O) groups is 2. The highest BCUT2D eigenvalue weighted by molar-refractivity contribution is 7.10. The number of fused-ring (bicyclic) bond motifs is 1. The van der Waals surface area contributed by atoms with E-state index in [1.165, 1.54) is 16.0 Å². The van der Waals surface area contributed by atoms with Crippen molar-refractivity contribution in [3.05, 3.63) is 92.6 Å². The monoisotopic (exact) mass is 493 g/mol. The molecule has 2 amide bonds. The lowest BCUT2D eigenvalue weighted by Gasteiger charge is -2.37. The number of benzene rings is 2. The van der Waals surface area contributed by atoms with Crippen molar-refractivity contribution in [1.82, 2.24) is 14.7 Å². The summed E-state index contributed by atoms with van der Waals surface area (Å²) in [4.78, 5) is 33.9. The average molecular weight is 494 g/mol. The van der Waals surface area contributed by atoms with Crippen molar-refractivity contribution >= 4 is 34.8 Å². The molecule has 0 spiro atoms. The minimum Gasteiger partial charge on any atom is -0.340 e. The minimum absolute atomic E-state index is 0.0648. The van der Waals surface area contributed by atoms with Gasteiger partial charge in [0.25, 0.3) is 5.91 Å². The van der Waals surface area contributed by atoms with E-state index in [0.717, 1.165) is 19.4 Å². The van der Waals surface area contributed by atoms with E-state index in [9.17, 15) is 9.59 Å². The lowest BCUT2D eigenvalue weighted by atomic mass is 9.93. The van der Waals surface area contributed by atoms with Crippen molar-refractivity contribution in [1.29, 1.82) is 0 Å². The first-order valence-electron chi connectivity index (χ1n) is 11.8. The van der Waals surface area contributed by atoms with Crippen molar-refractivity contribution in [2.75, 3.05) is 39.3 Å². The summed E-state index contributed by atoms with van der Waals surface area (Å²) in [6, 6.07) is 19.9. The standard InChI is InChI=1S/C27H28ClN3O2S/c28-23-10-5-4-9-21(23)27(33)30-14-6-13-29(16-17-30)25(32)19-31-15-11-24-22(12-18-34-24)26(31)20-7-2-1-3-8-20/h1-5,7-10,12,18,26H,6,11,13-17,19H2/t26-/m1/s1. The molecule has 2 aliphatic heterocycles. The van der Waals surface area contributed by atoms with Crippen LogP contribution in [0.1, 0.15) is 38.8 Å². The molecule has 3 aromatic rings. The van der Waals surface area contributed by atoms with E-state index in [1.807, 2.05) is 39.3 Å². The smallest absolute Gasteiger partial charge is 0.255 e. The van der Waals surface area contributed by atoms with E-state index < -0.39 is 0 Å². The molecular weight excluding hydrogens is 466 g/mol. The van der Waals surface area contributed by atoms with Gasteiger partial charge in [-0.05, 0) is 47.5 Å². The van der Waals surface area contributed by atoms with Crippen molar-refractivity contribution in [2.24, 2.45) is 0 Å². The van der Waals surface area contributed by atoms with Crippen LogP contribution in [0.25, 0.3) is 0 Å². The van der Waals surface area contributed by atoms with Gasteiger partial charge in [-0.25, -0.2) is 0 Å². The second kappa shape index (κ2) is 10.3. The summed E-state index contributed by atoms with van der Waals surface area (Å²) in [6.07, 6.45) is 1.74. The normalized spacial score (nSPS) is 18.9. The molecule has 0 radical (unpaired) electrons. The van der Waals surface area contributed by atoms with Crippen LogP contribution in [0.3, 0.4) is 0 Å². The van der Waals surface area contributed by atoms with Gasteiger partial charge < -0.3 is 9.80 Å². The summed E-state index contributed by atoms with van der Waals surface area (Å²) in [6.45, 7) is 3.60. The number of halogens is 1. The van der Waals surface area contributed by atoms with E-state index in [2.05, 4.69) is 40.6 Å². The number of thiophene rings is 1. The largest absolute Gasteiger partial charge is 0.340 e. The second-order valence-electron chi connectivity index (χ2n) is 8.84. The van der Waals surface area contributed by atoms with Crippen LogP contribution in [-0.4, -0.2) is 65.8 Å². The number of rotatable bonds is 4. The zero-order valence-electron chi connectivity index (χ0n) is 19.0. The summed E-state index contributed by atoms with van der Waals surface area (Å²) in [5.74, 6) is 0.0664. The molecule has 5 rings (SSSR count). The first-order chi connectivity index (χ1) is 16.6. The number of hydrogen-bond donors (Lipinski definition) is 0. The van der Waals surface area contributed by atoms with E-state index in [0.29, 0.717) is 43.3 Å². The maximum Gasteiger partial charge on any atom is 0.255 e. The molecule has 0 unspecified atom stereocenters. The first-order valence-corrected chi connectivity index (χ1v) is 13.0. The van der Waals surface area contributed by atoms with Crippen molar-refractivity contribution in [3.8, 4) is 0 Å². The molecule has 34 heavy (non-hydrogen) atoms. The maximum absolute atomic E-state index is 13.4. The third-order valence-corrected chi connectivity index (χ3v) is 8.09. The topological polar surface area (TPSA) is 43.9 Å². The fraction of sp³-hybridized carbons (Fsp3) is 0.333. The molecule has 1 atom stereocenters. The summed E-state index contributed by atoms with van der Waals surface area (Å²) < 4.78 is 0. The number of nitrogens with zero attached hydrogens (tertiary/aromatic N) is 3. The van der Waals surface area contributed by atoms with Gasteiger partial charge in [0, 0.05) is 37.6 Å². The lowest BCUT2D eigenvalue weighted by molar-refractivity contribution is -0.132. The molecule has 2 aromatic carbocycles. The van der Waals surface area contributed by atoms with Gasteiger partial charge in [0.15, 0.2) is 0 Å². The summed E-state index contributed by atoms with van der Waals surface area (Å²) in [5.41, 5.74) is 3.07. The molecule has 5 nitrogen and oxygen atoms in total. The van der Waals surface area contributed by atoms with Crippen LogP contribution in [-0.2, 0) is 11.2 Å². The predicted octanol–water partition coefficient (Wildman–Crippen LogP) is 4.72. The van der Waals surface area contributed by atoms with E-state index in [4.69, 9.17) is 11.6 Å². The second-order valence-corrected chi connectivity index (χ2v) is 10.2. The predicted molar refractivity (Wildman–Crippen MR) is 136 cm³/mol. The van der Waals surface area contributed by atoms with Crippen LogP contribution in [0.15, 0.2) is 66.0 Å². The first kappa shape index (κ1) is 23.1. The van der Waals surface area contributed by atoms with E-state index in [1.54, 1.807) is 12.1 Å². The molecule has 176 valence electrons. The third-order valence-electron chi connectivity index (χ3n) is 6.76. The Morgan fingerprint density at radius 1 is 0.882 bits per heavy atom. The molecule has 1 aromatic heterocycles. The van der Waals surface area contributed by atoms with Crippen LogP contribution in [0.2, 0.25) is 5.02 Å². The van der Waals surface area contributed by atoms with E-state index in [-0.39, 0.29) is 17.9 Å². The molecule has 1 fully saturated rings. The fourth-order valence-corrected chi connectivity index (χ4v) is 6.13. The van der Waals surface area contributed by atoms with Gasteiger partial charge in [-0.15, -0.1) is 11.3 Å². The Hall–Kier alpha value is -2.67. The Morgan fingerprint density at radius 2 is 1.62 bits per heavy atom. The molecule has 2 aliphatic rings. The molecular formula is C27H28ClN3O2S. The van der Waals surface area contributed by atoms with Gasteiger partial charge in [-0.1, -0.05) is 54.1 Å². The lowest BCUT2D eigenvalue weighted by Crippen LogP contribution is -2.45. The van der Waals surface area contributed by atoms with Crippen molar-refractivity contribution < 1.29 is 9.59 Å². The molecule has 1 saturated heterocycles. The zero-order valence-corrected chi connectivity index (χ0v) is 20.6. The Labute approximate surface area is 209 Å². The average Bonchev–Trinajstić information content (AvgIpc) is 3.19. The molecule has 0 aliphatic carbocycles. The van der Waals surface area contributed by atoms with Crippen LogP contribution in [0.4, 0.5) is 0 Å². The highest BCUT2D eigenvalue weighted by Gasteiger charge is 2.32. The van der Waals surface area contributed by atoms with Gasteiger partial charge in [-0.3, -0.25) is 14.5 Å². The zero-order chi connectivity index (χ0) is 23.5. The van der Waals surface area contributed by atoms with Gasteiger partial charge in [0.2, 0.25) is 5.91 Å². The van der Waals surface area contributed by atoms with Crippen LogP contribution in [0, 0.1) is 0 Å². The van der Waals surface area contributed by atoms with Crippen molar-refractivity contribution in [3.63, 3.8) is 0 Å². The SMILES string of the molecule is O=C(CN1CCc2sccc2[C@H]1c1ccccc1)N1CCCN(C(=O)c2ccccc2Cl)CC1. The summed E-state index contributed by atoms with van der Waals surface area (Å²) in [7, 11) is 0. The van der Waals surface area contributed by atoms with Gasteiger partial charge in [-0.2, -0.15) is 0 Å². The molecule has 0 N–H and O–H groups in total. The van der Waals surface area contributed by atoms with Crippen LogP contribution in [0.5, 0.6) is 0 Å². The third kappa shape index (κ3) is 4.76. The fourth-order valence-electron chi connectivity index (χ4n) is 5.01. The van der Waals surface area contributed by atoms with Gasteiger partial charge in [0.05, 0.1) is 23.2 Å². The molecule has 0 bridgehead atoms. The summed E-state index contributed by atoms with van der Waals surface area (Å²) >= 11 is 8.05. The number of carbonyl (C=O) groups excluding carboxylic acids is 2. The van der Waals surface area contributed by atoms with Crippen molar-refractivity contribution in [2.45, 2.75) is 18.9 Å². The number of hydrogen-bond acceptors (Lipinski definition) is 4. The minimum atomic E-state index is -0.0648. The van der Waals surface area contributed by atoms with Crippen LogP contribution < -0.4 is 0 Å². The van der Waals surface area contributed by atoms with Gasteiger partial charge >= 0.3 is 0 Å².